The number of rotatable bonds is 14. The summed E-state index contributed by atoms with van der Waals surface area (Å²) in [6.45, 7) is 0. The summed E-state index contributed by atoms with van der Waals surface area (Å²) < 4.78 is 0. The lowest BCUT2D eigenvalue weighted by molar-refractivity contribution is -0.137. The Morgan fingerprint density at radius 2 is 1.67 bits per heavy atom. The number of unbranched alkanes of at least 4 members (excludes halogenated alkanes) is 3. The number of allylic oxidation sites excluding steroid dienone is 1. The van der Waals surface area contributed by atoms with Crippen molar-refractivity contribution in [2.24, 2.45) is 11.8 Å². The molecule has 5 atom stereocenters. The van der Waals surface area contributed by atoms with E-state index >= 15 is 0 Å². The summed E-state index contributed by atoms with van der Waals surface area (Å²) in [5.74, 6) is -0.669. The fourth-order valence-electron chi connectivity index (χ4n) is 4.60. The van der Waals surface area contributed by atoms with Gasteiger partial charge < -0.3 is 20.4 Å². The number of carboxylic acid groups (broad SMARTS) is 1. The first-order chi connectivity index (χ1) is 14.5. The van der Waals surface area contributed by atoms with Crippen molar-refractivity contribution >= 4 is 5.97 Å². The van der Waals surface area contributed by atoms with Crippen LogP contribution in [0.3, 0.4) is 0 Å². The summed E-state index contributed by atoms with van der Waals surface area (Å²) in [5.41, 5.74) is 1.28. The van der Waals surface area contributed by atoms with E-state index in [1.54, 1.807) is 0 Å². The van der Waals surface area contributed by atoms with Gasteiger partial charge in [-0.2, -0.15) is 0 Å². The van der Waals surface area contributed by atoms with Crippen LogP contribution in [0.2, 0.25) is 0 Å². The number of aliphatic hydroxyl groups is 3. The maximum absolute atomic E-state index is 10.6. The third kappa shape index (κ3) is 8.99. The van der Waals surface area contributed by atoms with Gasteiger partial charge in [-0.15, -0.1) is 0 Å². The molecule has 4 N–H and O–H groups in total. The van der Waals surface area contributed by atoms with Gasteiger partial charge in [-0.05, 0) is 62.3 Å². The topological polar surface area (TPSA) is 98.0 Å². The van der Waals surface area contributed by atoms with E-state index in [1.807, 2.05) is 30.4 Å². The highest BCUT2D eigenvalue weighted by atomic mass is 16.4. The second-order valence-corrected chi connectivity index (χ2v) is 8.64. The van der Waals surface area contributed by atoms with Crippen LogP contribution in [0.1, 0.15) is 69.8 Å². The molecule has 5 heteroatoms. The average Bonchev–Trinajstić information content (AvgIpc) is 2.99. The Bertz CT molecular complexity index is 630. The molecule has 3 unspecified atom stereocenters. The molecule has 0 saturated heterocycles. The van der Waals surface area contributed by atoms with E-state index in [2.05, 4.69) is 12.1 Å². The van der Waals surface area contributed by atoms with Gasteiger partial charge in [0.25, 0.3) is 0 Å². The van der Waals surface area contributed by atoms with E-state index in [1.165, 1.54) is 5.56 Å². The lowest BCUT2D eigenvalue weighted by atomic mass is 9.85. The maximum atomic E-state index is 10.6. The molecular formula is C25H38O5. The molecule has 2 rings (SSSR count). The number of hydrogen-bond donors (Lipinski definition) is 4. The van der Waals surface area contributed by atoms with Crippen molar-refractivity contribution in [2.45, 2.75) is 88.9 Å². The van der Waals surface area contributed by atoms with Crippen LogP contribution >= 0.6 is 0 Å². The van der Waals surface area contributed by atoms with Gasteiger partial charge in [0.15, 0.2) is 0 Å². The Labute approximate surface area is 180 Å². The van der Waals surface area contributed by atoms with Crippen molar-refractivity contribution in [3.05, 3.63) is 48.0 Å². The minimum absolute atomic E-state index is 0.0198. The van der Waals surface area contributed by atoms with Gasteiger partial charge in [-0.1, -0.05) is 61.7 Å². The molecular weight excluding hydrogens is 380 g/mol. The van der Waals surface area contributed by atoms with E-state index in [9.17, 15) is 20.1 Å². The number of aryl methyl sites for hydroxylation is 1. The lowest BCUT2D eigenvalue weighted by Gasteiger charge is -2.24. The third-order valence-corrected chi connectivity index (χ3v) is 6.30. The van der Waals surface area contributed by atoms with Gasteiger partial charge in [0.1, 0.15) is 0 Å². The standard InChI is InChI=1S/C25H38O5/c26-20(13-9-8-12-19-10-4-3-5-11-19)16-17-22-21(23(27)18-24(22)28)14-6-1-2-7-15-25(29)30/h3-5,9-11,13,20-24,26-28H,1-2,6-8,12,14-18H2,(H,29,30)/b13-9+/t20?,21-,22?,23+,24?/m1/s1. The van der Waals surface area contributed by atoms with E-state index < -0.39 is 24.3 Å². The Morgan fingerprint density at radius 3 is 2.37 bits per heavy atom. The fourth-order valence-corrected chi connectivity index (χ4v) is 4.60. The Hall–Kier alpha value is -1.69. The summed E-state index contributed by atoms with van der Waals surface area (Å²) in [6, 6.07) is 10.3. The van der Waals surface area contributed by atoms with Gasteiger partial charge in [0, 0.05) is 6.42 Å². The highest BCUT2D eigenvalue weighted by Crippen LogP contribution is 2.39. The molecule has 1 aliphatic rings. The minimum atomic E-state index is -0.753. The second kappa shape index (κ2) is 13.6. The predicted molar refractivity (Wildman–Crippen MR) is 118 cm³/mol. The summed E-state index contributed by atoms with van der Waals surface area (Å²) in [7, 11) is 0. The maximum Gasteiger partial charge on any atom is 0.303 e. The lowest BCUT2D eigenvalue weighted by Crippen LogP contribution is -2.23. The summed E-state index contributed by atoms with van der Waals surface area (Å²) in [6.07, 6.45) is 10.4. The van der Waals surface area contributed by atoms with Crippen LogP contribution in [0.4, 0.5) is 0 Å². The van der Waals surface area contributed by atoms with Crippen LogP contribution in [-0.2, 0) is 11.2 Å². The minimum Gasteiger partial charge on any atom is -0.481 e. The van der Waals surface area contributed by atoms with E-state index in [0.717, 1.165) is 38.5 Å². The second-order valence-electron chi connectivity index (χ2n) is 8.64. The molecule has 0 aliphatic heterocycles. The van der Waals surface area contributed by atoms with E-state index in [-0.39, 0.29) is 18.3 Å². The normalized spacial score (nSPS) is 25.0. The molecule has 30 heavy (non-hydrogen) atoms. The first kappa shape index (κ1) is 24.6. The van der Waals surface area contributed by atoms with E-state index in [4.69, 9.17) is 5.11 Å². The van der Waals surface area contributed by atoms with Crippen molar-refractivity contribution in [1.29, 1.82) is 0 Å². The smallest absolute Gasteiger partial charge is 0.303 e. The van der Waals surface area contributed by atoms with Gasteiger partial charge in [0.05, 0.1) is 18.3 Å². The quantitative estimate of drug-likeness (QED) is 0.269. The molecule has 0 aromatic heterocycles. The SMILES string of the molecule is O=C(O)CCCCCC[C@@H]1C(CCC(O)/C=C/CCc2ccccc2)C(O)C[C@@H]1O. The largest absolute Gasteiger partial charge is 0.481 e. The van der Waals surface area contributed by atoms with Crippen LogP contribution in [0.5, 0.6) is 0 Å². The van der Waals surface area contributed by atoms with Crippen molar-refractivity contribution in [3.63, 3.8) is 0 Å². The van der Waals surface area contributed by atoms with Gasteiger partial charge >= 0.3 is 5.97 Å². The fraction of sp³-hybridized carbons (Fsp3) is 0.640. The summed E-state index contributed by atoms with van der Waals surface area (Å²) >= 11 is 0. The van der Waals surface area contributed by atoms with Crippen LogP contribution in [0.15, 0.2) is 42.5 Å². The average molecular weight is 419 g/mol. The molecule has 0 amide bonds. The highest BCUT2D eigenvalue weighted by Gasteiger charge is 2.40. The molecule has 0 bridgehead atoms. The molecule has 1 saturated carbocycles. The van der Waals surface area contributed by atoms with Crippen molar-refractivity contribution in [3.8, 4) is 0 Å². The number of aliphatic carboxylic acids is 1. The van der Waals surface area contributed by atoms with Crippen molar-refractivity contribution < 1.29 is 25.2 Å². The zero-order valence-electron chi connectivity index (χ0n) is 17.9. The molecule has 1 aromatic carbocycles. The Morgan fingerprint density at radius 1 is 1.00 bits per heavy atom. The number of carboxylic acids is 1. The molecule has 1 aromatic rings. The van der Waals surface area contributed by atoms with Gasteiger partial charge in [0.2, 0.25) is 0 Å². The molecule has 0 radical (unpaired) electrons. The van der Waals surface area contributed by atoms with E-state index in [0.29, 0.717) is 25.7 Å². The zero-order valence-corrected chi connectivity index (χ0v) is 17.9. The first-order valence-corrected chi connectivity index (χ1v) is 11.4. The number of benzene rings is 1. The number of hydrogen-bond acceptors (Lipinski definition) is 4. The molecule has 0 spiro atoms. The van der Waals surface area contributed by atoms with Gasteiger partial charge in [-0.3, -0.25) is 4.79 Å². The first-order valence-electron chi connectivity index (χ1n) is 11.4. The monoisotopic (exact) mass is 418 g/mol. The molecule has 1 aliphatic carbocycles. The predicted octanol–water partition coefficient (Wildman–Crippen LogP) is 4.10. The Balaban J connectivity index is 1.67. The van der Waals surface area contributed by atoms with Gasteiger partial charge in [-0.25, -0.2) is 0 Å². The van der Waals surface area contributed by atoms with Crippen LogP contribution in [0, 0.1) is 11.8 Å². The number of aliphatic hydroxyl groups excluding tert-OH is 3. The summed E-state index contributed by atoms with van der Waals surface area (Å²) in [5, 5.41) is 39.7. The molecule has 0 heterocycles. The van der Waals surface area contributed by atoms with Crippen LogP contribution in [0.25, 0.3) is 0 Å². The summed E-state index contributed by atoms with van der Waals surface area (Å²) in [4.78, 5) is 10.6. The third-order valence-electron chi connectivity index (χ3n) is 6.30. The van der Waals surface area contributed by atoms with Crippen LogP contribution < -0.4 is 0 Å². The molecule has 1 fully saturated rings. The van der Waals surface area contributed by atoms with Crippen molar-refractivity contribution in [2.75, 3.05) is 0 Å². The Kier molecular flexibility index (Phi) is 11.1. The highest BCUT2D eigenvalue weighted by molar-refractivity contribution is 5.66. The van der Waals surface area contributed by atoms with Crippen molar-refractivity contribution in [1.82, 2.24) is 0 Å². The van der Waals surface area contributed by atoms with Crippen LogP contribution in [-0.4, -0.2) is 44.7 Å². The molecule has 5 nitrogen and oxygen atoms in total. The zero-order chi connectivity index (χ0) is 21.8. The number of carbonyl (C=O) groups is 1. The molecule has 168 valence electrons.